The van der Waals surface area contributed by atoms with E-state index in [1.54, 1.807) is 36.4 Å². The largest absolute Gasteiger partial charge is 0.465 e. The molecule has 0 saturated heterocycles. The fourth-order valence-corrected chi connectivity index (χ4v) is 5.45. The Morgan fingerprint density at radius 1 is 0.942 bits per heavy atom. The van der Waals surface area contributed by atoms with Gasteiger partial charge in [-0.15, -0.1) is 0 Å². The number of aliphatic hydroxyl groups is 1. The van der Waals surface area contributed by atoms with Gasteiger partial charge in [-0.3, -0.25) is 19.5 Å². The van der Waals surface area contributed by atoms with E-state index in [4.69, 9.17) is 13.9 Å². The highest BCUT2D eigenvalue weighted by molar-refractivity contribution is 5.93. The smallest absolute Gasteiger partial charge is 0.412 e. The molecule has 0 aliphatic heterocycles. The number of aliphatic hydroxyl groups excluding tert-OH is 1. The van der Waals surface area contributed by atoms with Gasteiger partial charge in [0.05, 0.1) is 24.9 Å². The summed E-state index contributed by atoms with van der Waals surface area (Å²) in [6.07, 6.45) is -1.19. The first-order valence-corrected chi connectivity index (χ1v) is 16.0. The number of amides is 2. The summed E-state index contributed by atoms with van der Waals surface area (Å²) < 4.78 is 31.1. The molecule has 13 nitrogen and oxygen atoms in total. The van der Waals surface area contributed by atoms with Crippen molar-refractivity contribution in [2.24, 2.45) is 0 Å². The van der Waals surface area contributed by atoms with Gasteiger partial charge >= 0.3 is 12.1 Å². The van der Waals surface area contributed by atoms with Crippen LogP contribution in [0.5, 0.6) is 0 Å². The van der Waals surface area contributed by atoms with E-state index in [0.717, 1.165) is 28.0 Å². The third-order valence-electron chi connectivity index (χ3n) is 7.99. The molecule has 3 N–H and O–H groups in total. The lowest BCUT2D eigenvalue weighted by atomic mass is 10.0. The molecule has 6 aromatic rings. The van der Waals surface area contributed by atoms with Crippen molar-refractivity contribution in [3.05, 3.63) is 148 Å². The molecule has 0 bridgehead atoms. The second-order valence-electron chi connectivity index (χ2n) is 11.6. The molecule has 0 spiro atoms. The normalized spacial score (nSPS) is 12.1. The zero-order valence-corrected chi connectivity index (χ0v) is 27.7. The van der Waals surface area contributed by atoms with E-state index in [1.807, 2.05) is 24.3 Å². The Bertz CT molecular complexity index is 2280. The highest BCUT2D eigenvalue weighted by atomic mass is 19.1. The minimum Gasteiger partial charge on any atom is -0.465 e. The van der Waals surface area contributed by atoms with Crippen LogP contribution in [-0.2, 0) is 33.8 Å². The van der Waals surface area contributed by atoms with Crippen LogP contribution < -0.4 is 16.2 Å². The molecule has 0 fully saturated rings. The summed E-state index contributed by atoms with van der Waals surface area (Å²) in [5.74, 6) is -2.08. The van der Waals surface area contributed by atoms with Crippen molar-refractivity contribution in [2.75, 3.05) is 12.4 Å². The molecule has 52 heavy (non-hydrogen) atoms. The zero-order chi connectivity index (χ0) is 36.6. The van der Waals surface area contributed by atoms with E-state index in [0.29, 0.717) is 0 Å². The number of oxazole rings is 1. The number of esters is 1. The molecule has 6 rings (SSSR count). The number of ether oxygens (including phenoxy) is 2. The first-order chi connectivity index (χ1) is 25.2. The number of hydrogen-bond acceptors (Lipinski definition) is 10. The number of rotatable bonds is 12. The number of benzene rings is 4. The minimum atomic E-state index is -1.48. The number of nitrogens with zero attached hydrogens (tertiary/aromatic N) is 3. The second kappa shape index (κ2) is 15.9. The van der Waals surface area contributed by atoms with Crippen molar-refractivity contribution in [3.63, 3.8) is 0 Å². The van der Waals surface area contributed by atoms with Gasteiger partial charge in [0.2, 0.25) is 11.8 Å². The van der Waals surface area contributed by atoms with Gasteiger partial charge in [-0.2, -0.15) is 0 Å². The monoisotopic (exact) mass is 705 g/mol. The van der Waals surface area contributed by atoms with Crippen LogP contribution in [0.25, 0.3) is 22.5 Å². The molecular weight excluding hydrogens is 673 g/mol. The number of hydrogen-bond donors (Lipinski definition) is 3. The van der Waals surface area contributed by atoms with Gasteiger partial charge in [0.25, 0.3) is 5.56 Å². The van der Waals surface area contributed by atoms with Crippen molar-refractivity contribution in [3.8, 4) is 11.4 Å². The van der Waals surface area contributed by atoms with Gasteiger partial charge in [-0.1, -0.05) is 72.8 Å². The van der Waals surface area contributed by atoms with E-state index in [9.17, 15) is 28.7 Å². The number of methoxy groups -OCH3 is 1. The van der Waals surface area contributed by atoms with Crippen molar-refractivity contribution >= 4 is 34.8 Å². The number of carbonyl (C=O) groups is 3. The number of anilines is 1. The summed E-state index contributed by atoms with van der Waals surface area (Å²) >= 11 is 0. The van der Waals surface area contributed by atoms with Crippen LogP contribution in [0.3, 0.4) is 0 Å². The van der Waals surface area contributed by atoms with E-state index < -0.39 is 48.0 Å². The second-order valence-corrected chi connectivity index (χ2v) is 11.6. The predicted molar refractivity (Wildman–Crippen MR) is 187 cm³/mol. The standard InChI is InChI=1S/C38H32FN5O8/c1-50-37(48)26-15-16-31-28(19-26)42-35(52-31)33(46)29(17-23-9-4-2-5-10-23)41-32(45)21-44-34(25-13-8-14-27(39)18-25)40-20-30(36(44)47)43-38(49)51-22-24-11-6-3-7-12-24/h2-16,18-20,29,33,46H,17,21-22H2,1H3,(H,41,45)(H,43,49). The number of carbonyl (C=O) groups excluding carboxylic acids is 3. The Hall–Kier alpha value is -6.67. The Labute approximate surface area is 295 Å². The van der Waals surface area contributed by atoms with Crippen molar-refractivity contribution < 1.29 is 37.8 Å². The van der Waals surface area contributed by atoms with Gasteiger partial charge in [-0.25, -0.2) is 23.9 Å². The molecule has 2 heterocycles. The summed E-state index contributed by atoms with van der Waals surface area (Å²) in [5.41, 5.74) is 1.37. The van der Waals surface area contributed by atoms with Crippen LogP contribution in [0.1, 0.15) is 33.5 Å². The molecule has 2 aromatic heterocycles. The first-order valence-electron chi connectivity index (χ1n) is 16.0. The van der Waals surface area contributed by atoms with Crippen molar-refractivity contribution in [1.82, 2.24) is 19.9 Å². The summed E-state index contributed by atoms with van der Waals surface area (Å²) in [6.45, 7) is -0.698. The van der Waals surface area contributed by atoms with Crippen LogP contribution in [0.15, 0.2) is 119 Å². The fourth-order valence-electron chi connectivity index (χ4n) is 5.45. The maximum atomic E-state index is 14.3. The quantitative estimate of drug-likeness (QED) is 0.144. The van der Waals surface area contributed by atoms with E-state index in [1.165, 1.54) is 43.5 Å². The first kappa shape index (κ1) is 35.2. The maximum absolute atomic E-state index is 14.3. The molecule has 0 aliphatic carbocycles. The average Bonchev–Trinajstić information content (AvgIpc) is 3.59. The van der Waals surface area contributed by atoms with Crippen molar-refractivity contribution in [2.45, 2.75) is 31.7 Å². The molecule has 4 aromatic carbocycles. The van der Waals surface area contributed by atoms with E-state index in [-0.39, 0.29) is 52.7 Å². The van der Waals surface area contributed by atoms with Crippen LogP contribution in [-0.4, -0.2) is 50.8 Å². The summed E-state index contributed by atoms with van der Waals surface area (Å²) in [7, 11) is 1.25. The molecule has 0 radical (unpaired) electrons. The Morgan fingerprint density at radius 3 is 2.38 bits per heavy atom. The van der Waals surface area contributed by atoms with Crippen LogP contribution in [0.4, 0.5) is 14.9 Å². The molecule has 0 saturated carbocycles. The number of halogens is 1. The highest BCUT2D eigenvalue weighted by Crippen LogP contribution is 2.26. The molecule has 2 atom stereocenters. The lowest BCUT2D eigenvalue weighted by Crippen LogP contribution is -2.44. The number of fused-ring (bicyclic) bond motifs is 1. The molecular formula is C38H32FN5O8. The number of nitrogens with one attached hydrogen (secondary N) is 2. The Morgan fingerprint density at radius 2 is 1.67 bits per heavy atom. The molecule has 14 heteroatoms. The van der Waals surface area contributed by atoms with Gasteiger partial charge in [0.15, 0.2) is 11.7 Å². The zero-order valence-electron chi connectivity index (χ0n) is 27.7. The van der Waals surface area contributed by atoms with Gasteiger partial charge in [0, 0.05) is 5.56 Å². The summed E-state index contributed by atoms with van der Waals surface area (Å²) in [5, 5.41) is 16.7. The average molecular weight is 706 g/mol. The summed E-state index contributed by atoms with van der Waals surface area (Å²) in [6, 6.07) is 26.7. The van der Waals surface area contributed by atoms with Crippen LogP contribution in [0, 0.1) is 5.82 Å². The number of aromatic nitrogens is 3. The third-order valence-corrected chi connectivity index (χ3v) is 7.99. The minimum absolute atomic E-state index is 0.0524. The maximum Gasteiger partial charge on any atom is 0.412 e. The Kier molecular flexibility index (Phi) is 10.8. The topological polar surface area (TPSA) is 175 Å². The molecule has 0 aliphatic rings. The predicted octanol–water partition coefficient (Wildman–Crippen LogP) is 5.19. The van der Waals surface area contributed by atoms with Gasteiger partial charge in [0.1, 0.15) is 36.0 Å². The molecule has 2 unspecified atom stereocenters. The van der Waals surface area contributed by atoms with E-state index in [2.05, 4.69) is 20.6 Å². The highest BCUT2D eigenvalue weighted by Gasteiger charge is 2.29. The third kappa shape index (κ3) is 8.37. The fraction of sp³-hybridized carbons (Fsp3) is 0.158. The van der Waals surface area contributed by atoms with Gasteiger partial charge in [-0.05, 0) is 47.9 Å². The molecule has 2 amide bonds. The lowest BCUT2D eigenvalue weighted by Gasteiger charge is -2.23. The Balaban J connectivity index is 1.28. The lowest BCUT2D eigenvalue weighted by molar-refractivity contribution is -0.123. The van der Waals surface area contributed by atoms with Gasteiger partial charge < -0.3 is 24.3 Å². The van der Waals surface area contributed by atoms with E-state index >= 15 is 0 Å². The molecule has 264 valence electrons. The van der Waals surface area contributed by atoms with Crippen LogP contribution >= 0.6 is 0 Å². The summed E-state index contributed by atoms with van der Waals surface area (Å²) in [4.78, 5) is 60.9. The van der Waals surface area contributed by atoms with Crippen LogP contribution in [0.2, 0.25) is 0 Å². The SMILES string of the molecule is COC(=O)c1ccc2oc(C(O)C(Cc3ccccc3)NC(=O)Cn3c(-c4cccc(F)c4)ncc(NC(=O)OCc4ccccc4)c3=O)nc2c1. The van der Waals surface area contributed by atoms with Crippen molar-refractivity contribution in [1.29, 1.82) is 0 Å².